The van der Waals surface area contributed by atoms with Crippen LogP contribution in [0.2, 0.25) is 5.02 Å². The number of nitrogens with one attached hydrogen (secondary N) is 1. The molecule has 7 heteroatoms. The third-order valence-electron chi connectivity index (χ3n) is 5.29. The second kappa shape index (κ2) is 7.64. The molecule has 25 heavy (non-hydrogen) atoms. The first-order chi connectivity index (χ1) is 11.9. The second-order valence-electron chi connectivity index (χ2n) is 7.08. The van der Waals surface area contributed by atoms with E-state index < -0.39 is 10.0 Å². The first kappa shape index (κ1) is 18.7. The molecular formula is C18H25ClN2O3S. The Bertz CT molecular complexity index is 737. The van der Waals surface area contributed by atoms with E-state index in [1.807, 2.05) is 0 Å². The van der Waals surface area contributed by atoms with Crippen molar-refractivity contribution in [2.75, 3.05) is 13.1 Å². The second-order valence-corrected chi connectivity index (χ2v) is 9.42. The van der Waals surface area contributed by atoms with E-state index in [9.17, 15) is 13.2 Å². The Hall–Kier alpha value is -1.11. The van der Waals surface area contributed by atoms with Crippen molar-refractivity contribution >= 4 is 27.5 Å². The quantitative estimate of drug-likeness (QED) is 0.867. The SMILES string of the molecule is Cc1cc(S(=O)(=O)N2CCC(C(=O)NC3CCCC3)CC2)ccc1Cl. The third-order valence-corrected chi connectivity index (χ3v) is 7.61. The summed E-state index contributed by atoms with van der Waals surface area (Å²) in [5, 5.41) is 3.68. The first-order valence-corrected chi connectivity index (χ1v) is 10.8. The Morgan fingerprint density at radius 3 is 2.40 bits per heavy atom. The van der Waals surface area contributed by atoms with E-state index in [1.165, 1.54) is 17.1 Å². The molecule has 5 nitrogen and oxygen atoms in total. The molecule has 1 saturated carbocycles. The molecule has 1 saturated heterocycles. The maximum atomic E-state index is 12.8. The van der Waals surface area contributed by atoms with Gasteiger partial charge >= 0.3 is 0 Å². The van der Waals surface area contributed by atoms with Gasteiger partial charge in [-0.2, -0.15) is 4.31 Å². The highest BCUT2D eigenvalue weighted by atomic mass is 35.5. The highest BCUT2D eigenvalue weighted by Crippen LogP contribution is 2.27. The minimum Gasteiger partial charge on any atom is -0.353 e. The molecule has 0 atom stereocenters. The molecular weight excluding hydrogens is 360 g/mol. The van der Waals surface area contributed by atoms with E-state index >= 15 is 0 Å². The standard InChI is InChI=1S/C18H25ClN2O3S/c1-13-12-16(6-7-17(13)19)25(23,24)21-10-8-14(9-11-21)18(22)20-15-4-2-3-5-15/h6-7,12,14-15H,2-5,8-11H2,1H3,(H,20,22). The summed E-state index contributed by atoms with van der Waals surface area (Å²) >= 11 is 5.99. The van der Waals surface area contributed by atoms with Gasteiger partial charge in [0.15, 0.2) is 0 Å². The Morgan fingerprint density at radius 2 is 1.80 bits per heavy atom. The number of sulfonamides is 1. The molecule has 1 aliphatic heterocycles. The molecule has 0 spiro atoms. The fraction of sp³-hybridized carbons (Fsp3) is 0.611. The number of amides is 1. The number of piperidine rings is 1. The van der Waals surface area contributed by atoms with E-state index in [4.69, 9.17) is 11.6 Å². The van der Waals surface area contributed by atoms with Crippen LogP contribution >= 0.6 is 11.6 Å². The van der Waals surface area contributed by atoms with Gasteiger partial charge in [0.05, 0.1) is 4.90 Å². The van der Waals surface area contributed by atoms with Crippen LogP contribution < -0.4 is 5.32 Å². The Morgan fingerprint density at radius 1 is 1.16 bits per heavy atom. The molecule has 1 N–H and O–H groups in total. The summed E-state index contributed by atoms with van der Waals surface area (Å²) in [5.74, 6) is 0.00490. The topological polar surface area (TPSA) is 66.5 Å². The number of rotatable bonds is 4. The summed E-state index contributed by atoms with van der Waals surface area (Å²) in [6, 6.07) is 5.08. The molecule has 1 aromatic carbocycles. The van der Waals surface area contributed by atoms with Crippen molar-refractivity contribution in [1.29, 1.82) is 0 Å². The Kier molecular flexibility index (Phi) is 5.71. The maximum absolute atomic E-state index is 12.8. The van der Waals surface area contributed by atoms with E-state index in [1.54, 1.807) is 25.1 Å². The Balaban J connectivity index is 1.60. The number of hydrogen-bond acceptors (Lipinski definition) is 3. The van der Waals surface area contributed by atoms with Gasteiger partial charge in [0.25, 0.3) is 0 Å². The zero-order chi connectivity index (χ0) is 18.0. The monoisotopic (exact) mass is 384 g/mol. The molecule has 0 aromatic heterocycles. The normalized spacial score (nSPS) is 20.7. The van der Waals surface area contributed by atoms with Crippen LogP contribution in [-0.2, 0) is 14.8 Å². The van der Waals surface area contributed by atoms with Gasteiger partial charge in [0.1, 0.15) is 0 Å². The van der Waals surface area contributed by atoms with Crippen molar-refractivity contribution in [3.05, 3.63) is 28.8 Å². The summed E-state index contributed by atoms with van der Waals surface area (Å²) in [6.45, 7) is 2.56. The molecule has 0 unspecified atom stereocenters. The lowest BCUT2D eigenvalue weighted by Crippen LogP contribution is -2.44. The number of hydrogen-bond donors (Lipinski definition) is 1. The molecule has 1 aliphatic carbocycles. The summed E-state index contributed by atoms with van der Waals surface area (Å²) in [6.07, 6.45) is 5.64. The number of benzene rings is 1. The molecule has 0 bridgehead atoms. The minimum atomic E-state index is -3.53. The van der Waals surface area contributed by atoms with Crippen molar-refractivity contribution in [3.63, 3.8) is 0 Å². The zero-order valence-electron chi connectivity index (χ0n) is 14.5. The third kappa shape index (κ3) is 4.18. The number of carbonyl (C=O) groups is 1. The van der Waals surface area contributed by atoms with Crippen LogP contribution in [0.4, 0.5) is 0 Å². The van der Waals surface area contributed by atoms with Crippen molar-refractivity contribution in [2.45, 2.75) is 56.4 Å². The molecule has 138 valence electrons. The highest BCUT2D eigenvalue weighted by Gasteiger charge is 2.33. The van der Waals surface area contributed by atoms with E-state index in [-0.39, 0.29) is 16.7 Å². The molecule has 2 fully saturated rings. The van der Waals surface area contributed by atoms with E-state index in [0.29, 0.717) is 37.0 Å². The molecule has 3 rings (SSSR count). The van der Waals surface area contributed by atoms with Crippen molar-refractivity contribution < 1.29 is 13.2 Å². The van der Waals surface area contributed by atoms with Crippen molar-refractivity contribution in [1.82, 2.24) is 9.62 Å². The van der Waals surface area contributed by atoms with Crippen LogP contribution in [0.1, 0.15) is 44.1 Å². The maximum Gasteiger partial charge on any atom is 0.243 e. The fourth-order valence-corrected chi connectivity index (χ4v) is 5.35. The summed E-state index contributed by atoms with van der Waals surface area (Å²) in [5.41, 5.74) is 0.744. The summed E-state index contributed by atoms with van der Waals surface area (Å²) in [7, 11) is -3.53. The smallest absolute Gasteiger partial charge is 0.243 e. The lowest BCUT2D eigenvalue weighted by molar-refractivity contribution is -0.126. The van der Waals surface area contributed by atoms with Crippen LogP contribution in [0.3, 0.4) is 0 Å². The van der Waals surface area contributed by atoms with Crippen LogP contribution in [0, 0.1) is 12.8 Å². The van der Waals surface area contributed by atoms with Crippen LogP contribution in [0.25, 0.3) is 0 Å². The van der Waals surface area contributed by atoms with Crippen LogP contribution in [0.15, 0.2) is 23.1 Å². The first-order valence-electron chi connectivity index (χ1n) is 8.94. The molecule has 1 aromatic rings. The van der Waals surface area contributed by atoms with Gasteiger partial charge in [0, 0.05) is 30.1 Å². The molecule has 1 heterocycles. The van der Waals surface area contributed by atoms with Crippen LogP contribution in [0.5, 0.6) is 0 Å². The largest absolute Gasteiger partial charge is 0.353 e. The Labute approximate surface area is 154 Å². The summed E-state index contributed by atoms with van der Waals surface area (Å²) in [4.78, 5) is 12.6. The van der Waals surface area contributed by atoms with Gasteiger partial charge in [-0.1, -0.05) is 24.4 Å². The predicted molar refractivity (Wildman–Crippen MR) is 98.1 cm³/mol. The number of halogens is 1. The molecule has 0 radical (unpaired) electrons. The number of aryl methyl sites for hydroxylation is 1. The zero-order valence-corrected chi connectivity index (χ0v) is 16.1. The fourth-order valence-electron chi connectivity index (χ4n) is 3.67. The average Bonchev–Trinajstić information content (AvgIpc) is 3.10. The van der Waals surface area contributed by atoms with Gasteiger partial charge < -0.3 is 5.32 Å². The number of nitrogens with zero attached hydrogens (tertiary/aromatic N) is 1. The van der Waals surface area contributed by atoms with E-state index in [0.717, 1.165) is 18.4 Å². The van der Waals surface area contributed by atoms with Crippen molar-refractivity contribution in [2.24, 2.45) is 5.92 Å². The van der Waals surface area contributed by atoms with Gasteiger partial charge in [0.2, 0.25) is 15.9 Å². The van der Waals surface area contributed by atoms with E-state index in [2.05, 4.69) is 5.32 Å². The highest BCUT2D eigenvalue weighted by molar-refractivity contribution is 7.89. The molecule has 1 amide bonds. The number of carbonyl (C=O) groups excluding carboxylic acids is 1. The van der Waals surface area contributed by atoms with Gasteiger partial charge in [-0.25, -0.2) is 8.42 Å². The van der Waals surface area contributed by atoms with Crippen molar-refractivity contribution in [3.8, 4) is 0 Å². The van der Waals surface area contributed by atoms with Gasteiger partial charge in [-0.3, -0.25) is 4.79 Å². The lowest BCUT2D eigenvalue weighted by atomic mass is 9.97. The van der Waals surface area contributed by atoms with Crippen LogP contribution in [-0.4, -0.2) is 37.8 Å². The summed E-state index contributed by atoms with van der Waals surface area (Å²) < 4.78 is 27.1. The minimum absolute atomic E-state index is 0.0843. The van der Waals surface area contributed by atoms with Gasteiger partial charge in [-0.15, -0.1) is 0 Å². The average molecular weight is 385 g/mol. The van der Waals surface area contributed by atoms with Gasteiger partial charge in [-0.05, 0) is 56.4 Å². The predicted octanol–water partition coefficient (Wildman–Crippen LogP) is 3.11. The molecule has 2 aliphatic rings. The lowest BCUT2D eigenvalue weighted by Gasteiger charge is -2.31.